The Morgan fingerprint density at radius 1 is 1.23 bits per heavy atom. The van der Waals surface area contributed by atoms with Crippen molar-refractivity contribution in [1.82, 2.24) is 0 Å². The number of carboxylic acid groups (broad SMARTS) is 1. The van der Waals surface area contributed by atoms with Crippen molar-refractivity contribution >= 4 is 5.97 Å². The number of hydrogen-bond donors (Lipinski definition) is 2. The summed E-state index contributed by atoms with van der Waals surface area (Å²) < 4.78 is 5.03. The van der Waals surface area contributed by atoms with Crippen LogP contribution in [0.25, 0.3) is 0 Å². The van der Waals surface area contributed by atoms with Gasteiger partial charge in [-0.15, -0.1) is 0 Å². The molecule has 1 aromatic rings. The molecule has 0 unspecified atom stereocenters. The van der Waals surface area contributed by atoms with E-state index >= 15 is 0 Å². The molecule has 0 heterocycles. The molecule has 0 atom stereocenters. The van der Waals surface area contributed by atoms with Gasteiger partial charge < -0.3 is 14.9 Å². The van der Waals surface area contributed by atoms with Gasteiger partial charge in [-0.2, -0.15) is 0 Å². The lowest BCUT2D eigenvalue weighted by Gasteiger charge is -2.10. The number of carboxylic acids is 1. The van der Waals surface area contributed by atoms with Crippen LogP contribution in [-0.4, -0.2) is 23.3 Å². The Morgan fingerprint density at radius 3 is 2.45 bits per heavy atom. The summed E-state index contributed by atoms with van der Waals surface area (Å²) in [6.45, 7) is 6.18. The van der Waals surface area contributed by atoms with Crippen LogP contribution in [0.2, 0.25) is 0 Å². The Kier molecular flexibility index (Phi) is 6.70. The van der Waals surface area contributed by atoms with E-state index < -0.39 is 5.97 Å². The average Bonchev–Trinajstić information content (AvgIpc) is 2.45. The summed E-state index contributed by atoms with van der Waals surface area (Å²) >= 11 is 0. The normalized spacial score (nSPS) is 11.2. The molecule has 0 aliphatic rings. The van der Waals surface area contributed by atoms with E-state index in [1.807, 2.05) is 13.0 Å². The Labute approximate surface area is 131 Å². The molecule has 2 N–H and O–H groups in total. The van der Waals surface area contributed by atoms with Gasteiger partial charge in [-0.3, -0.25) is 0 Å². The van der Waals surface area contributed by atoms with Crippen LogP contribution >= 0.6 is 0 Å². The third kappa shape index (κ3) is 5.28. The highest BCUT2D eigenvalue weighted by atomic mass is 16.5. The van der Waals surface area contributed by atoms with E-state index in [2.05, 4.69) is 19.9 Å². The van der Waals surface area contributed by atoms with Crippen molar-refractivity contribution in [3.63, 3.8) is 0 Å². The largest absolute Gasteiger partial charge is 0.504 e. The molecule has 0 amide bonds. The Balaban J connectivity index is 2.90. The number of ether oxygens (including phenoxy) is 1. The fourth-order valence-corrected chi connectivity index (χ4v) is 2.08. The van der Waals surface area contributed by atoms with E-state index in [0.717, 1.165) is 12.8 Å². The topological polar surface area (TPSA) is 66.8 Å². The van der Waals surface area contributed by atoms with E-state index in [-0.39, 0.29) is 17.1 Å². The zero-order chi connectivity index (χ0) is 16.7. The maximum Gasteiger partial charge on any atom is 0.335 e. The lowest BCUT2D eigenvalue weighted by Crippen LogP contribution is -2.00. The zero-order valence-corrected chi connectivity index (χ0v) is 13.6. The minimum absolute atomic E-state index is 0.000786. The van der Waals surface area contributed by atoms with Gasteiger partial charge in [0.2, 0.25) is 0 Å². The number of phenols is 1. The number of benzene rings is 1. The zero-order valence-electron chi connectivity index (χ0n) is 13.6. The molecule has 4 heteroatoms. The highest BCUT2D eigenvalue weighted by molar-refractivity contribution is 5.89. The predicted octanol–water partition coefficient (Wildman–Crippen LogP) is 4.33. The summed E-state index contributed by atoms with van der Waals surface area (Å²) in [4.78, 5) is 11.1. The third-order valence-corrected chi connectivity index (χ3v) is 3.38. The molecule has 0 radical (unpaired) electrons. The van der Waals surface area contributed by atoms with E-state index in [9.17, 15) is 9.90 Å². The number of aromatic hydroxyl groups is 1. The number of carbonyl (C=O) groups is 1. The average molecular weight is 304 g/mol. The van der Waals surface area contributed by atoms with Crippen LogP contribution in [0.4, 0.5) is 0 Å². The summed E-state index contributed by atoms with van der Waals surface area (Å²) in [5, 5.41) is 19.2. The predicted molar refractivity (Wildman–Crippen MR) is 87.7 cm³/mol. The van der Waals surface area contributed by atoms with Crippen LogP contribution in [0, 0.1) is 0 Å². The van der Waals surface area contributed by atoms with Crippen molar-refractivity contribution in [2.75, 3.05) is 7.11 Å². The van der Waals surface area contributed by atoms with Gasteiger partial charge in [-0.25, -0.2) is 4.79 Å². The monoisotopic (exact) mass is 304 g/mol. The molecule has 1 rings (SSSR count). The van der Waals surface area contributed by atoms with Crippen LogP contribution in [0.1, 0.15) is 49.5 Å². The minimum atomic E-state index is -1.04. The summed E-state index contributed by atoms with van der Waals surface area (Å²) in [5.74, 6) is -0.852. The first kappa shape index (κ1) is 17.8. The standard InChI is InChI=1S/C18H24O4/c1-12(2)6-5-7-13(3)8-9-14-10-15(18(20)21)11-16(22-4)17(14)19/h6,8,10-11,19H,5,7,9H2,1-4H3,(H,20,21)/b13-8+. The van der Waals surface area contributed by atoms with Gasteiger partial charge in [0.05, 0.1) is 12.7 Å². The fourth-order valence-electron chi connectivity index (χ4n) is 2.08. The van der Waals surface area contributed by atoms with Gasteiger partial charge in [0.15, 0.2) is 11.5 Å². The maximum atomic E-state index is 11.1. The molecule has 1 aromatic carbocycles. The molecule has 22 heavy (non-hydrogen) atoms. The van der Waals surface area contributed by atoms with Crippen LogP contribution in [0.15, 0.2) is 35.4 Å². The molecule has 0 aromatic heterocycles. The van der Waals surface area contributed by atoms with Crippen molar-refractivity contribution in [2.45, 2.75) is 40.0 Å². The van der Waals surface area contributed by atoms with Crippen molar-refractivity contribution in [1.29, 1.82) is 0 Å². The molecule has 0 aliphatic carbocycles. The number of methoxy groups -OCH3 is 1. The summed E-state index contributed by atoms with van der Waals surface area (Å²) in [6.07, 6.45) is 6.60. The van der Waals surface area contributed by atoms with Crippen molar-refractivity contribution in [3.8, 4) is 11.5 Å². The second-order valence-corrected chi connectivity index (χ2v) is 5.57. The maximum absolute atomic E-state index is 11.1. The van der Waals surface area contributed by atoms with Gasteiger partial charge in [-0.1, -0.05) is 23.3 Å². The molecule has 0 spiro atoms. The lowest BCUT2D eigenvalue weighted by molar-refractivity contribution is 0.0696. The van der Waals surface area contributed by atoms with Gasteiger partial charge in [-0.05, 0) is 52.2 Å². The number of allylic oxidation sites excluding steroid dienone is 4. The quantitative estimate of drug-likeness (QED) is 0.736. The molecule has 0 saturated heterocycles. The first-order valence-corrected chi connectivity index (χ1v) is 7.27. The number of rotatable bonds is 7. The van der Waals surface area contributed by atoms with Gasteiger partial charge in [0, 0.05) is 5.56 Å². The van der Waals surface area contributed by atoms with E-state index in [4.69, 9.17) is 9.84 Å². The van der Waals surface area contributed by atoms with Crippen LogP contribution in [0.5, 0.6) is 11.5 Å². The van der Waals surface area contributed by atoms with Crippen molar-refractivity contribution in [3.05, 3.63) is 46.6 Å². The number of aromatic carboxylic acids is 1. The Morgan fingerprint density at radius 2 is 1.91 bits per heavy atom. The van der Waals surface area contributed by atoms with Crippen LogP contribution in [0.3, 0.4) is 0 Å². The molecule has 0 fully saturated rings. The van der Waals surface area contributed by atoms with E-state index in [0.29, 0.717) is 12.0 Å². The van der Waals surface area contributed by atoms with Crippen molar-refractivity contribution in [2.24, 2.45) is 0 Å². The van der Waals surface area contributed by atoms with Gasteiger partial charge in [0.1, 0.15) is 0 Å². The third-order valence-electron chi connectivity index (χ3n) is 3.38. The Bertz CT molecular complexity index is 593. The molecule has 0 aliphatic heterocycles. The summed E-state index contributed by atoms with van der Waals surface area (Å²) in [5.41, 5.74) is 3.17. The summed E-state index contributed by atoms with van der Waals surface area (Å²) in [7, 11) is 1.41. The minimum Gasteiger partial charge on any atom is -0.504 e. The summed E-state index contributed by atoms with van der Waals surface area (Å²) in [6, 6.07) is 2.81. The molecule has 0 bridgehead atoms. The second kappa shape index (κ2) is 8.27. The van der Waals surface area contributed by atoms with E-state index in [1.165, 1.54) is 30.4 Å². The first-order chi connectivity index (χ1) is 10.3. The van der Waals surface area contributed by atoms with Crippen LogP contribution in [-0.2, 0) is 6.42 Å². The van der Waals surface area contributed by atoms with Crippen LogP contribution < -0.4 is 4.74 Å². The molecular formula is C18H24O4. The number of phenolic OH excluding ortho intramolecular Hbond substituents is 1. The molecule has 4 nitrogen and oxygen atoms in total. The van der Waals surface area contributed by atoms with Crippen molar-refractivity contribution < 1.29 is 19.7 Å². The molecular weight excluding hydrogens is 280 g/mol. The molecule has 0 saturated carbocycles. The van der Waals surface area contributed by atoms with E-state index in [1.54, 1.807) is 0 Å². The number of hydrogen-bond acceptors (Lipinski definition) is 3. The lowest BCUT2D eigenvalue weighted by atomic mass is 10.0. The Hall–Kier alpha value is -2.23. The molecule has 120 valence electrons. The van der Waals surface area contributed by atoms with Gasteiger partial charge in [0.25, 0.3) is 0 Å². The highest BCUT2D eigenvalue weighted by Gasteiger charge is 2.13. The van der Waals surface area contributed by atoms with Gasteiger partial charge >= 0.3 is 5.97 Å². The SMILES string of the molecule is COc1cc(C(=O)O)cc(C/C=C(\C)CCC=C(C)C)c1O. The second-order valence-electron chi connectivity index (χ2n) is 5.57. The smallest absolute Gasteiger partial charge is 0.335 e. The fraction of sp³-hybridized carbons (Fsp3) is 0.389. The first-order valence-electron chi connectivity index (χ1n) is 7.27. The highest BCUT2D eigenvalue weighted by Crippen LogP contribution is 2.32.